The van der Waals surface area contributed by atoms with Crippen LogP contribution in [0.5, 0.6) is 0 Å². The number of aromatic nitrogens is 4. The van der Waals surface area contributed by atoms with Gasteiger partial charge in [0, 0.05) is 44.1 Å². The van der Waals surface area contributed by atoms with Crippen LogP contribution in [0.2, 0.25) is 0 Å². The number of piperidine rings is 1. The third kappa shape index (κ3) is 3.59. The molecule has 0 amide bonds. The van der Waals surface area contributed by atoms with Crippen LogP contribution in [-0.2, 0) is 11.3 Å². The van der Waals surface area contributed by atoms with E-state index in [1.54, 1.807) is 12.5 Å². The molecule has 0 unspecified atom stereocenters. The van der Waals surface area contributed by atoms with Crippen molar-refractivity contribution in [2.45, 2.75) is 37.3 Å². The predicted octanol–water partition coefficient (Wildman–Crippen LogP) is 0.791. The first-order valence-electron chi connectivity index (χ1n) is 8.77. The highest BCUT2D eigenvalue weighted by molar-refractivity contribution is 5.45. The quantitative estimate of drug-likeness (QED) is 0.845. The number of hydrogen-bond donors (Lipinski definition) is 2. The van der Waals surface area contributed by atoms with Crippen LogP contribution < -0.4 is 10.6 Å². The highest BCUT2D eigenvalue weighted by Gasteiger charge is 2.33. The van der Waals surface area contributed by atoms with Gasteiger partial charge < -0.3 is 25.0 Å². The van der Waals surface area contributed by atoms with Gasteiger partial charge in [-0.05, 0) is 19.3 Å². The predicted molar refractivity (Wildman–Crippen MR) is 93.2 cm³/mol. The zero-order valence-corrected chi connectivity index (χ0v) is 14.2. The molecular weight excluding hydrogens is 320 g/mol. The van der Waals surface area contributed by atoms with Crippen molar-refractivity contribution >= 4 is 11.8 Å². The van der Waals surface area contributed by atoms with E-state index in [9.17, 15) is 5.11 Å². The van der Waals surface area contributed by atoms with E-state index in [1.807, 2.05) is 16.8 Å². The van der Waals surface area contributed by atoms with E-state index in [-0.39, 0.29) is 0 Å². The van der Waals surface area contributed by atoms with Crippen molar-refractivity contribution in [1.82, 2.24) is 19.5 Å². The number of nitrogen functional groups attached to an aromatic ring is 1. The third-order valence-corrected chi connectivity index (χ3v) is 5.15. The maximum Gasteiger partial charge on any atom is 0.222 e. The fraction of sp³-hybridized carbons (Fsp3) is 0.588. The number of rotatable bonds is 4. The van der Waals surface area contributed by atoms with Gasteiger partial charge in [-0.3, -0.25) is 0 Å². The Morgan fingerprint density at radius 2 is 2.16 bits per heavy atom. The molecule has 2 fully saturated rings. The molecule has 2 aliphatic rings. The normalized spacial score (nSPS) is 23.1. The minimum atomic E-state index is -0.710. The van der Waals surface area contributed by atoms with Crippen molar-refractivity contribution in [3.8, 4) is 0 Å². The summed E-state index contributed by atoms with van der Waals surface area (Å²) in [6.07, 6.45) is 7.68. The summed E-state index contributed by atoms with van der Waals surface area (Å²) in [5.41, 5.74) is 6.18. The van der Waals surface area contributed by atoms with Gasteiger partial charge in [0.2, 0.25) is 5.95 Å². The molecule has 0 aliphatic carbocycles. The zero-order chi connectivity index (χ0) is 17.3. The second kappa shape index (κ2) is 6.61. The molecule has 4 heterocycles. The van der Waals surface area contributed by atoms with Crippen LogP contribution in [0.15, 0.2) is 24.8 Å². The van der Waals surface area contributed by atoms with Crippen molar-refractivity contribution in [1.29, 1.82) is 0 Å². The maximum atomic E-state index is 10.8. The third-order valence-electron chi connectivity index (χ3n) is 5.15. The van der Waals surface area contributed by atoms with Crippen molar-refractivity contribution in [3.63, 3.8) is 0 Å². The average Bonchev–Trinajstić information content (AvgIpc) is 3.28. The molecule has 2 saturated heterocycles. The molecule has 0 saturated carbocycles. The molecule has 134 valence electrons. The molecule has 8 heteroatoms. The highest BCUT2D eigenvalue weighted by Crippen LogP contribution is 2.30. The fourth-order valence-corrected chi connectivity index (χ4v) is 3.64. The number of aliphatic hydroxyl groups is 1. The number of nitrogens with zero attached hydrogens (tertiary/aromatic N) is 5. The molecule has 3 N–H and O–H groups in total. The van der Waals surface area contributed by atoms with Crippen LogP contribution >= 0.6 is 0 Å². The summed E-state index contributed by atoms with van der Waals surface area (Å²) in [7, 11) is 0. The lowest BCUT2D eigenvalue weighted by Crippen LogP contribution is -2.47. The summed E-state index contributed by atoms with van der Waals surface area (Å²) < 4.78 is 7.39. The topological polar surface area (TPSA) is 102 Å². The summed E-state index contributed by atoms with van der Waals surface area (Å²) in [6, 6.07) is 2.02. The van der Waals surface area contributed by atoms with Gasteiger partial charge in [0.25, 0.3) is 0 Å². The molecule has 0 radical (unpaired) electrons. The van der Waals surface area contributed by atoms with E-state index in [4.69, 9.17) is 10.5 Å². The summed E-state index contributed by atoms with van der Waals surface area (Å²) in [6.45, 7) is 3.51. The van der Waals surface area contributed by atoms with E-state index in [0.717, 1.165) is 37.6 Å². The standard InChI is InChI=1S/C17H24N6O2/c18-16-20-14(13-1-8-25-10-13)9-15(21-16)23-5-2-17(24,3-6-23)11-22-7-4-19-12-22/h4,7,9,12-13,24H,1-3,5-6,8,10-11H2,(H2,18,20,21)/t13-/m0/s1. The fourth-order valence-electron chi connectivity index (χ4n) is 3.64. The largest absolute Gasteiger partial charge is 0.388 e. The van der Waals surface area contributed by atoms with Crippen molar-refractivity contribution in [2.75, 3.05) is 36.9 Å². The minimum absolute atomic E-state index is 0.298. The lowest BCUT2D eigenvalue weighted by molar-refractivity contribution is -0.000178. The van der Waals surface area contributed by atoms with Crippen molar-refractivity contribution < 1.29 is 9.84 Å². The maximum absolute atomic E-state index is 10.8. The van der Waals surface area contributed by atoms with Crippen LogP contribution in [0.25, 0.3) is 0 Å². The summed E-state index contributed by atoms with van der Waals surface area (Å²) in [4.78, 5) is 15.0. The molecule has 0 spiro atoms. The smallest absolute Gasteiger partial charge is 0.222 e. The Labute approximate surface area is 146 Å². The van der Waals surface area contributed by atoms with Gasteiger partial charge in [0.1, 0.15) is 5.82 Å². The lowest BCUT2D eigenvalue weighted by atomic mass is 9.91. The number of ether oxygens (including phenoxy) is 1. The number of imidazole rings is 1. The molecule has 2 aromatic heterocycles. The molecule has 25 heavy (non-hydrogen) atoms. The molecule has 2 aromatic rings. The number of nitrogens with two attached hydrogens (primary N) is 1. The second-order valence-corrected chi connectivity index (χ2v) is 7.02. The lowest BCUT2D eigenvalue weighted by Gasteiger charge is -2.39. The molecule has 0 aromatic carbocycles. The molecule has 4 rings (SSSR count). The van der Waals surface area contributed by atoms with Crippen LogP contribution in [0.4, 0.5) is 11.8 Å². The van der Waals surface area contributed by atoms with E-state index in [0.29, 0.717) is 37.9 Å². The average molecular weight is 344 g/mol. The summed E-state index contributed by atoms with van der Waals surface area (Å²) >= 11 is 0. The zero-order valence-electron chi connectivity index (χ0n) is 14.2. The van der Waals surface area contributed by atoms with Gasteiger partial charge in [-0.1, -0.05) is 0 Å². The SMILES string of the molecule is Nc1nc([C@H]2CCOC2)cc(N2CCC(O)(Cn3ccnc3)CC2)n1. The van der Waals surface area contributed by atoms with Crippen LogP contribution in [0.1, 0.15) is 30.9 Å². The van der Waals surface area contributed by atoms with Gasteiger partial charge in [0.15, 0.2) is 0 Å². The van der Waals surface area contributed by atoms with E-state index in [1.165, 1.54) is 0 Å². The van der Waals surface area contributed by atoms with Gasteiger partial charge in [0.05, 0.1) is 30.8 Å². The second-order valence-electron chi connectivity index (χ2n) is 7.02. The Balaban J connectivity index is 1.45. The Hall–Kier alpha value is -2.19. The van der Waals surface area contributed by atoms with Crippen LogP contribution in [0.3, 0.4) is 0 Å². The monoisotopic (exact) mass is 344 g/mol. The number of anilines is 2. The van der Waals surface area contributed by atoms with E-state index >= 15 is 0 Å². The van der Waals surface area contributed by atoms with Crippen LogP contribution in [0, 0.1) is 0 Å². The van der Waals surface area contributed by atoms with E-state index < -0.39 is 5.60 Å². The molecule has 8 nitrogen and oxygen atoms in total. The summed E-state index contributed by atoms with van der Waals surface area (Å²) in [5, 5.41) is 10.8. The van der Waals surface area contributed by atoms with Gasteiger partial charge in [-0.2, -0.15) is 4.98 Å². The van der Waals surface area contributed by atoms with Gasteiger partial charge >= 0.3 is 0 Å². The first-order chi connectivity index (χ1) is 12.1. The molecular formula is C17H24N6O2. The van der Waals surface area contributed by atoms with E-state index in [2.05, 4.69) is 19.9 Å². The van der Waals surface area contributed by atoms with Crippen LogP contribution in [-0.4, -0.2) is 56.5 Å². The Morgan fingerprint density at radius 1 is 1.32 bits per heavy atom. The highest BCUT2D eigenvalue weighted by atomic mass is 16.5. The molecule has 1 atom stereocenters. The summed E-state index contributed by atoms with van der Waals surface area (Å²) in [5.74, 6) is 1.45. The Bertz CT molecular complexity index is 706. The first kappa shape index (κ1) is 16.3. The van der Waals surface area contributed by atoms with Gasteiger partial charge in [-0.25, -0.2) is 9.97 Å². The minimum Gasteiger partial charge on any atom is -0.388 e. The first-order valence-corrected chi connectivity index (χ1v) is 8.77. The van der Waals surface area contributed by atoms with Gasteiger partial charge in [-0.15, -0.1) is 0 Å². The Morgan fingerprint density at radius 3 is 2.84 bits per heavy atom. The number of hydrogen-bond acceptors (Lipinski definition) is 7. The molecule has 0 bridgehead atoms. The van der Waals surface area contributed by atoms with Crippen molar-refractivity contribution in [2.24, 2.45) is 0 Å². The Kier molecular flexibility index (Phi) is 4.30. The van der Waals surface area contributed by atoms with Crippen molar-refractivity contribution in [3.05, 3.63) is 30.5 Å². The molecule has 2 aliphatic heterocycles.